The Kier molecular flexibility index (Phi) is 8.55. The van der Waals surface area contributed by atoms with Crippen LogP contribution in [-0.4, -0.2) is 95.9 Å². The van der Waals surface area contributed by atoms with Crippen LogP contribution in [0.2, 0.25) is 0 Å². The fraction of sp³-hybridized carbons (Fsp3) is 0.542. The van der Waals surface area contributed by atoms with Gasteiger partial charge in [-0.15, -0.1) is 0 Å². The minimum atomic E-state index is -0.631. The number of aliphatic hydroxyl groups is 1. The molecule has 0 radical (unpaired) electrons. The molecule has 3 aliphatic rings. The van der Waals surface area contributed by atoms with Gasteiger partial charge in [0.05, 0.1) is 18.5 Å². The second-order valence-electron chi connectivity index (χ2n) is 8.59. The van der Waals surface area contributed by atoms with Gasteiger partial charge < -0.3 is 20.6 Å². The summed E-state index contributed by atoms with van der Waals surface area (Å²) in [5.74, 6) is 2.73. The molecule has 0 fully saturated rings. The van der Waals surface area contributed by atoms with E-state index in [1.807, 2.05) is 16.7 Å². The lowest BCUT2D eigenvalue weighted by molar-refractivity contribution is -0.118. The first kappa shape index (κ1) is 23.9. The highest BCUT2D eigenvalue weighted by atomic mass is 32.2. The van der Waals surface area contributed by atoms with Crippen molar-refractivity contribution < 1.29 is 9.90 Å². The molecule has 8 nitrogen and oxygen atoms in total. The molecule has 178 valence electrons. The van der Waals surface area contributed by atoms with Crippen molar-refractivity contribution in [3.8, 4) is 0 Å². The maximum Gasteiger partial charge on any atom is 0.270 e. The van der Waals surface area contributed by atoms with Crippen molar-refractivity contribution in [2.45, 2.75) is 32.0 Å². The number of fused-ring (bicyclic) bond motifs is 2. The Labute approximate surface area is 200 Å². The summed E-state index contributed by atoms with van der Waals surface area (Å²) in [4.78, 5) is 25.8. The largest absolute Gasteiger partial charge is 0.390 e. The quantitative estimate of drug-likeness (QED) is 0.416. The zero-order valence-corrected chi connectivity index (χ0v) is 20.1. The SMILES string of the molecule is CCSCCNCC1CN2C=NC(C(=O)NCC(O)CN3CCc4ccccc4C3)=CC2=N1. The highest BCUT2D eigenvalue weighted by Gasteiger charge is 2.27. The van der Waals surface area contributed by atoms with Gasteiger partial charge in [0.25, 0.3) is 5.91 Å². The number of carbonyl (C=O) groups is 1. The molecule has 0 aliphatic carbocycles. The lowest BCUT2D eigenvalue weighted by Gasteiger charge is -2.30. The molecule has 0 bridgehead atoms. The summed E-state index contributed by atoms with van der Waals surface area (Å²) < 4.78 is 0. The molecule has 3 N–H and O–H groups in total. The van der Waals surface area contributed by atoms with E-state index in [4.69, 9.17) is 4.99 Å². The van der Waals surface area contributed by atoms with Crippen LogP contribution in [0.15, 0.2) is 46.0 Å². The first-order chi connectivity index (χ1) is 16.1. The molecule has 33 heavy (non-hydrogen) atoms. The summed E-state index contributed by atoms with van der Waals surface area (Å²) in [6.45, 7) is 7.21. The Morgan fingerprint density at radius 2 is 2.18 bits per heavy atom. The highest BCUT2D eigenvalue weighted by Crippen LogP contribution is 2.18. The van der Waals surface area contributed by atoms with Gasteiger partial charge in [-0.3, -0.25) is 14.7 Å². The molecule has 0 spiro atoms. The molecule has 1 amide bonds. The van der Waals surface area contributed by atoms with E-state index >= 15 is 0 Å². The van der Waals surface area contributed by atoms with E-state index < -0.39 is 6.10 Å². The summed E-state index contributed by atoms with van der Waals surface area (Å²) in [5, 5.41) is 16.7. The van der Waals surface area contributed by atoms with Crippen LogP contribution in [0.5, 0.6) is 0 Å². The lowest BCUT2D eigenvalue weighted by atomic mass is 10.00. The number of thioether (sulfide) groups is 1. The van der Waals surface area contributed by atoms with Crippen LogP contribution in [0, 0.1) is 0 Å². The first-order valence-corrected chi connectivity index (χ1v) is 12.9. The number of nitrogens with zero attached hydrogens (tertiary/aromatic N) is 4. The summed E-state index contributed by atoms with van der Waals surface area (Å²) in [6, 6.07) is 8.60. The molecule has 4 rings (SSSR count). The zero-order chi connectivity index (χ0) is 23.0. The van der Waals surface area contributed by atoms with E-state index in [1.165, 1.54) is 11.1 Å². The number of amidine groups is 1. The van der Waals surface area contributed by atoms with Gasteiger partial charge in [0.2, 0.25) is 0 Å². The van der Waals surface area contributed by atoms with Gasteiger partial charge in [-0.05, 0) is 23.3 Å². The van der Waals surface area contributed by atoms with Gasteiger partial charge in [-0.2, -0.15) is 11.8 Å². The highest BCUT2D eigenvalue weighted by molar-refractivity contribution is 7.99. The lowest BCUT2D eigenvalue weighted by Crippen LogP contribution is -2.42. The van der Waals surface area contributed by atoms with E-state index in [1.54, 1.807) is 12.4 Å². The average Bonchev–Trinajstić information content (AvgIpc) is 3.24. The zero-order valence-electron chi connectivity index (χ0n) is 19.2. The Hall–Kier alpha value is -2.20. The molecule has 0 aromatic heterocycles. The third-order valence-corrected chi connectivity index (χ3v) is 6.94. The topological polar surface area (TPSA) is 92.6 Å². The molecule has 0 saturated carbocycles. The van der Waals surface area contributed by atoms with Crippen molar-refractivity contribution >= 4 is 29.8 Å². The van der Waals surface area contributed by atoms with E-state index in [-0.39, 0.29) is 18.5 Å². The van der Waals surface area contributed by atoms with Gasteiger partial charge >= 0.3 is 0 Å². The van der Waals surface area contributed by atoms with E-state index in [2.05, 4.69) is 51.7 Å². The first-order valence-electron chi connectivity index (χ1n) is 11.8. The van der Waals surface area contributed by atoms with Crippen LogP contribution < -0.4 is 10.6 Å². The van der Waals surface area contributed by atoms with Gasteiger partial charge in [-0.25, -0.2) is 4.99 Å². The monoisotopic (exact) mass is 470 g/mol. The van der Waals surface area contributed by atoms with E-state index in [0.717, 1.165) is 56.5 Å². The number of aliphatic hydroxyl groups excluding tert-OH is 1. The number of rotatable bonds is 11. The fourth-order valence-corrected chi connectivity index (χ4v) is 4.88. The molecular weight excluding hydrogens is 436 g/mol. The number of hydrogen-bond donors (Lipinski definition) is 3. The smallest absolute Gasteiger partial charge is 0.270 e. The van der Waals surface area contributed by atoms with Gasteiger partial charge in [0.1, 0.15) is 11.5 Å². The maximum atomic E-state index is 12.6. The van der Waals surface area contributed by atoms with Crippen LogP contribution in [0.4, 0.5) is 0 Å². The standard InChI is InChI=1S/C24H34N6O2S/c1-2-33-10-8-25-12-20-15-30-17-27-22(11-23(30)28-20)24(32)26-13-21(31)16-29-9-7-18-5-3-4-6-19(18)14-29/h3-6,11,17,20-21,25,31H,2,7-10,12-16H2,1H3,(H,26,32). The van der Waals surface area contributed by atoms with Crippen LogP contribution in [0.3, 0.4) is 0 Å². The molecule has 9 heteroatoms. The number of nitrogens with one attached hydrogen (secondary N) is 2. The number of β-amino-alcohol motifs (C(OH)–C–C–N with tert-alkyl or cyclic N) is 1. The number of carbonyl (C=O) groups excluding carboxylic acids is 1. The molecular formula is C24H34N6O2S. The summed E-state index contributed by atoms with van der Waals surface area (Å²) in [6.07, 6.45) is 3.77. The van der Waals surface area contributed by atoms with E-state index in [9.17, 15) is 9.90 Å². The van der Waals surface area contributed by atoms with Gasteiger partial charge in [0.15, 0.2) is 0 Å². The third kappa shape index (κ3) is 6.66. The minimum Gasteiger partial charge on any atom is -0.390 e. The molecule has 0 saturated heterocycles. The minimum absolute atomic E-state index is 0.160. The van der Waals surface area contributed by atoms with Crippen molar-refractivity contribution in [1.29, 1.82) is 0 Å². The van der Waals surface area contributed by atoms with Crippen molar-refractivity contribution in [3.63, 3.8) is 0 Å². The Morgan fingerprint density at radius 1 is 1.33 bits per heavy atom. The van der Waals surface area contributed by atoms with Crippen LogP contribution in [-0.2, 0) is 17.8 Å². The molecule has 2 unspecified atom stereocenters. The van der Waals surface area contributed by atoms with Crippen molar-refractivity contribution in [1.82, 2.24) is 20.4 Å². The average molecular weight is 471 g/mol. The van der Waals surface area contributed by atoms with Crippen LogP contribution >= 0.6 is 11.8 Å². The van der Waals surface area contributed by atoms with Crippen molar-refractivity contribution in [2.75, 3.05) is 50.8 Å². The number of aliphatic imine (C=N–C) groups is 2. The van der Waals surface area contributed by atoms with Crippen molar-refractivity contribution in [3.05, 3.63) is 47.2 Å². The normalized spacial score (nSPS) is 20.7. The molecule has 3 aliphatic heterocycles. The Bertz CT molecular complexity index is 918. The van der Waals surface area contributed by atoms with Gasteiger partial charge in [0, 0.05) is 57.6 Å². The molecule has 2 atom stereocenters. The van der Waals surface area contributed by atoms with E-state index in [0.29, 0.717) is 12.2 Å². The predicted molar refractivity (Wildman–Crippen MR) is 135 cm³/mol. The number of hydrogen-bond acceptors (Lipinski definition) is 8. The summed E-state index contributed by atoms with van der Waals surface area (Å²) in [5.41, 5.74) is 3.03. The molecule has 1 aromatic rings. The number of amides is 1. The second kappa shape index (κ2) is 11.8. The van der Waals surface area contributed by atoms with Crippen molar-refractivity contribution in [2.24, 2.45) is 9.98 Å². The summed E-state index contributed by atoms with van der Waals surface area (Å²) >= 11 is 1.92. The third-order valence-electron chi connectivity index (χ3n) is 6.04. The van der Waals surface area contributed by atoms with Crippen LogP contribution in [0.1, 0.15) is 18.1 Å². The number of benzene rings is 1. The van der Waals surface area contributed by atoms with Gasteiger partial charge in [-0.1, -0.05) is 31.2 Å². The Morgan fingerprint density at radius 3 is 3.03 bits per heavy atom. The molecule has 1 aromatic carbocycles. The predicted octanol–water partition coefficient (Wildman–Crippen LogP) is 0.873. The van der Waals surface area contributed by atoms with Crippen LogP contribution in [0.25, 0.3) is 0 Å². The fourth-order valence-electron chi connectivity index (χ4n) is 4.31. The molecule has 3 heterocycles. The second-order valence-corrected chi connectivity index (χ2v) is 9.98. The summed E-state index contributed by atoms with van der Waals surface area (Å²) in [7, 11) is 0. The Balaban J connectivity index is 1.21. The maximum absolute atomic E-state index is 12.6.